The summed E-state index contributed by atoms with van der Waals surface area (Å²) < 4.78 is 10.7. The quantitative estimate of drug-likeness (QED) is 0.784. The number of aromatic nitrogens is 2. The summed E-state index contributed by atoms with van der Waals surface area (Å²) in [5.74, 6) is 1.09. The molecule has 2 rings (SSSR count). The smallest absolute Gasteiger partial charge is 0.293 e. The van der Waals surface area contributed by atoms with E-state index in [0.717, 1.165) is 0 Å². The molecule has 0 amide bonds. The van der Waals surface area contributed by atoms with Crippen LogP contribution in [0, 0.1) is 0 Å². The highest BCUT2D eigenvalue weighted by atomic mass is 79.9. The Labute approximate surface area is 87.2 Å². The molecule has 0 unspecified atom stereocenters. The molecule has 0 N–H and O–H groups in total. The average molecular weight is 257 g/mol. The van der Waals surface area contributed by atoms with Crippen LogP contribution in [0.15, 0.2) is 25.7 Å². The van der Waals surface area contributed by atoms with E-state index in [0.29, 0.717) is 22.5 Å². The van der Waals surface area contributed by atoms with Crippen molar-refractivity contribution in [3.63, 3.8) is 0 Å². The molecule has 0 aliphatic heterocycles. The molecule has 2 aromatic rings. The molecule has 0 saturated carbocycles. The van der Waals surface area contributed by atoms with E-state index in [1.165, 1.54) is 0 Å². The minimum atomic E-state index is 0.144. The first kappa shape index (κ1) is 9.14. The molecule has 0 atom stereocenters. The Morgan fingerprint density at radius 2 is 2.36 bits per heavy atom. The van der Waals surface area contributed by atoms with Crippen molar-refractivity contribution >= 4 is 22.2 Å². The van der Waals surface area contributed by atoms with Crippen LogP contribution in [0.3, 0.4) is 0 Å². The number of nitrogens with zero attached hydrogens (tertiary/aromatic N) is 2. The Hall–Kier alpha value is -1.43. The van der Waals surface area contributed by atoms with Gasteiger partial charge in [0.05, 0.1) is 6.42 Å². The summed E-state index contributed by atoms with van der Waals surface area (Å²) in [5, 5.41) is 3.60. The van der Waals surface area contributed by atoms with E-state index >= 15 is 0 Å². The van der Waals surface area contributed by atoms with Crippen molar-refractivity contribution in [3.8, 4) is 11.7 Å². The Morgan fingerprint density at radius 3 is 3.00 bits per heavy atom. The highest BCUT2D eigenvalue weighted by molar-refractivity contribution is 9.10. The fraction of sp³-hybridized carbons (Fsp3) is 0.125. The second-order valence-corrected chi connectivity index (χ2v) is 3.27. The standard InChI is InChI=1S/C8H5BrN2O3/c9-6-2-1-5(13-6)8-10-7(3-4-12)11-14-8/h1-2,4H,3H2. The Kier molecular flexibility index (Phi) is 2.45. The summed E-state index contributed by atoms with van der Waals surface area (Å²) in [4.78, 5) is 14.1. The van der Waals surface area contributed by atoms with Gasteiger partial charge in [-0.3, -0.25) is 0 Å². The molecule has 0 aliphatic carbocycles. The third kappa shape index (κ3) is 1.74. The van der Waals surface area contributed by atoms with Gasteiger partial charge >= 0.3 is 0 Å². The fourth-order valence-electron chi connectivity index (χ4n) is 0.941. The van der Waals surface area contributed by atoms with Gasteiger partial charge in [-0.15, -0.1) is 0 Å². The molecule has 6 heteroatoms. The third-order valence-corrected chi connectivity index (χ3v) is 1.94. The molecular weight excluding hydrogens is 252 g/mol. The maximum atomic E-state index is 10.2. The summed E-state index contributed by atoms with van der Waals surface area (Å²) in [6, 6.07) is 3.42. The van der Waals surface area contributed by atoms with E-state index < -0.39 is 0 Å². The normalized spacial score (nSPS) is 10.4. The molecule has 0 saturated heterocycles. The van der Waals surface area contributed by atoms with Crippen LogP contribution in [0.4, 0.5) is 0 Å². The second-order valence-electron chi connectivity index (χ2n) is 2.49. The monoisotopic (exact) mass is 256 g/mol. The minimum Gasteiger partial charge on any atom is -0.444 e. The molecule has 0 aromatic carbocycles. The van der Waals surface area contributed by atoms with Crippen LogP contribution >= 0.6 is 15.9 Å². The lowest BCUT2D eigenvalue weighted by Gasteiger charge is -1.83. The molecule has 2 heterocycles. The van der Waals surface area contributed by atoms with Crippen LogP contribution in [0.1, 0.15) is 5.82 Å². The number of carbonyl (C=O) groups is 1. The molecule has 5 nitrogen and oxygen atoms in total. The fourth-order valence-corrected chi connectivity index (χ4v) is 1.25. The summed E-state index contributed by atoms with van der Waals surface area (Å²) in [6.07, 6.45) is 0.859. The van der Waals surface area contributed by atoms with Crippen molar-refractivity contribution in [2.45, 2.75) is 6.42 Å². The highest BCUT2D eigenvalue weighted by Crippen LogP contribution is 2.23. The molecule has 2 aromatic heterocycles. The lowest BCUT2D eigenvalue weighted by atomic mass is 10.4. The van der Waals surface area contributed by atoms with Crippen molar-refractivity contribution in [2.24, 2.45) is 0 Å². The van der Waals surface area contributed by atoms with Crippen LogP contribution in [0.25, 0.3) is 11.7 Å². The van der Waals surface area contributed by atoms with Crippen molar-refractivity contribution < 1.29 is 13.7 Å². The van der Waals surface area contributed by atoms with Crippen molar-refractivity contribution in [1.82, 2.24) is 10.1 Å². The second kappa shape index (κ2) is 3.75. The van der Waals surface area contributed by atoms with E-state index in [1.807, 2.05) is 0 Å². The van der Waals surface area contributed by atoms with Crippen molar-refractivity contribution in [3.05, 3.63) is 22.6 Å². The maximum Gasteiger partial charge on any atom is 0.293 e. The first-order valence-corrected chi connectivity index (χ1v) is 4.61. The highest BCUT2D eigenvalue weighted by Gasteiger charge is 2.11. The zero-order valence-electron chi connectivity index (χ0n) is 6.94. The predicted octanol–water partition coefficient (Wildman–Crippen LogP) is 1.83. The zero-order chi connectivity index (χ0) is 9.97. The van der Waals surface area contributed by atoms with Crippen LogP contribution in [0.5, 0.6) is 0 Å². The number of aldehydes is 1. The van der Waals surface area contributed by atoms with E-state index in [4.69, 9.17) is 8.94 Å². The van der Waals surface area contributed by atoms with Gasteiger partial charge in [0.2, 0.25) is 0 Å². The predicted molar refractivity (Wildman–Crippen MR) is 49.5 cm³/mol. The van der Waals surface area contributed by atoms with Gasteiger partial charge in [0.1, 0.15) is 6.29 Å². The van der Waals surface area contributed by atoms with Gasteiger partial charge in [-0.25, -0.2) is 0 Å². The van der Waals surface area contributed by atoms with Crippen LogP contribution in [-0.4, -0.2) is 16.4 Å². The minimum absolute atomic E-state index is 0.144. The van der Waals surface area contributed by atoms with Crippen molar-refractivity contribution in [2.75, 3.05) is 0 Å². The molecule has 0 spiro atoms. The van der Waals surface area contributed by atoms with Gasteiger partial charge in [0, 0.05) is 0 Å². The third-order valence-electron chi connectivity index (χ3n) is 1.52. The maximum absolute atomic E-state index is 10.2. The average Bonchev–Trinajstić information content (AvgIpc) is 2.74. The lowest BCUT2D eigenvalue weighted by Crippen LogP contribution is -1.87. The Balaban J connectivity index is 2.28. The zero-order valence-corrected chi connectivity index (χ0v) is 8.52. The molecule has 0 aliphatic rings. The largest absolute Gasteiger partial charge is 0.444 e. The van der Waals surface area contributed by atoms with Crippen LogP contribution < -0.4 is 0 Å². The number of furan rings is 1. The first-order chi connectivity index (χ1) is 6.79. The summed E-state index contributed by atoms with van der Waals surface area (Å²) in [6.45, 7) is 0. The van der Waals surface area contributed by atoms with E-state index in [1.54, 1.807) is 12.1 Å². The number of halogens is 1. The molecular formula is C8H5BrN2O3. The van der Waals surface area contributed by atoms with Gasteiger partial charge < -0.3 is 13.7 Å². The van der Waals surface area contributed by atoms with E-state index in [2.05, 4.69) is 26.1 Å². The molecule has 14 heavy (non-hydrogen) atoms. The topological polar surface area (TPSA) is 69.1 Å². The van der Waals surface area contributed by atoms with Gasteiger partial charge in [-0.2, -0.15) is 4.98 Å². The number of carbonyl (C=O) groups excluding carboxylic acids is 1. The summed E-state index contributed by atoms with van der Waals surface area (Å²) in [5.41, 5.74) is 0. The molecule has 0 fully saturated rings. The van der Waals surface area contributed by atoms with Gasteiger partial charge in [-0.05, 0) is 28.1 Å². The van der Waals surface area contributed by atoms with Gasteiger partial charge in [-0.1, -0.05) is 5.16 Å². The van der Waals surface area contributed by atoms with Crippen molar-refractivity contribution in [1.29, 1.82) is 0 Å². The van der Waals surface area contributed by atoms with Crippen LogP contribution in [-0.2, 0) is 11.2 Å². The molecule has 0 radical (unpaired) electrons. The number of rotatable bonds is 3. The van der Waals surface area contributed by atoms with Gasteiger partial charge in [0.25, 0.3) is 5.89 Å². The Bertz CT molecular complexity index is 449. The van der Waals surface area contributed by atoms with Crippen LogP contribution in [0.2, 0.25) is 0 Å². The first-order valence-electron chi connectivity index (χ1n) is 3.81. The SMILES string of the molecule is O=CCc1noc(-c2ccc(Br)o2)n1. The summed E-state index contributed by atoms with van der Waals surface area (Å²) >= 11 is 3.15. The molecule has 0 bridgehead atoms. The van der Waals surface area contributed by atoms with Gasteiger partial charge in [0.15, 0.2) is 16.3 Å². The van der Waals surface area contributed by atoms with E-state index in [9.17, 15) is 4.79 Å². The number of hydrogen-bond acceptors (Lipinski definition) is 5. The lowest BCUT2D eigenvalue weighted by molar-refractivity contribution is -0.107. The Morgan fingerprint density at radius 1 is 1.50 bits per heavy atom. The molecule has 72 valence electrons. The number of hydrogen-bond donors (Lipinski definition) is 0. The summed E-state index contributed by atoms with van der Waals surface area (Å²) in [7, 11) is 0. The van der Waals surface area contributed by atoms with E-state index in [-0.39, 0.29) is 12.3 Å².